The standard InChI is InChI=1S/C11H10F6O/c12-6-4-7(13)10(8(14)5-6)9(18)2-1-3-11(15,16)17/h4-5,9,18H,1-3H2. The molecule has 0 heterocycles. The molecule has 7 heteroatoms. The zero-order valence-corrected chi connectivity index (χ0v) is 9.07. The lowest BCUT2D eigenvalue weighted by molar-refractivity contribution is -0.136. The highest BCUT2D eigenvalue weighted by Crippen LogP contribution is 2.29. The van der Waals surface area contributed by atoms with Crippen LogP contribution in [0.1, 0.15) is 30.9 Å². The Bertz CT molecular complexity index is 391. The molecule has 0 saturated heterocycles. The van der Waals surface area contributed by atoms with Crippen LogP contribution in [0.25, 0.3) is 0 Å². The van der Waals surface area contributed by atoms with Crippen molar-refractivity contribution in [3.8, 4) is 0 Å². The Hall–Kier alpha value is -1.24. The predicted molar refractivity (Wildman–Crippen MR) is 51.2 cm³/mol. The van der Waals surface area contributed by atoms with Crippen molar-refractivity contribution in [2.75, 3.05) is 0 Å². The number of aliphatic hydroxyl groups excluding tert-OH is 1. The zero-order chi connectivity index (χ0) is 13.9. The van der Waals surface area contributed by atoms with Crippen LogP contribution in [0.5, 0.6) is 0 Å². The van der Waals surface area contributed by atoms with E-state index in [9.17, 15) is 31.4 Å². The van der Waals surface area contributed by atoms with Crippen LogP contribution < -0.4 is 0 Å². The molecule has 1 rings (SSSR count). The largest absolute Gasteiger partial charge is 0.389 e. The van der Waals surface area contributed by atoms with Gasteiger partial charge in [0.25, 0.3) is 0 Å². The van der Waals surface area contributed by atoms with Crippen LogP contribution in [0.15, 0.2) is 12.1 Å². The minimum absolute atomic E-state index is 0.366. The minimum Gasteiger partial charge on any atom is -0.388 e. The highest BCUT2D eigenvalue weighted by molar-refractivity contribution is 5.23. The van der Waals surface area contributed by atoms with Gasteiger partial charge in [-0.3, -0.25) is 0 Å². The third-order valence-electron chi connectivity index (χ3n) is 2.31. The lowest BCUT2D eigenvalue weighted by Gasteiger charge is -2.13. The molecule has 0 radical (unpaired) electrons. The van der Waals surface area contributed by atoms with Crippen LogP contribution in [0.3, 0.4) is 0 Å². The highest BCUT2D eigenvalue weighted by atomic mass is 19.4. The number of benzene rings is 1. The van der Waals surface area contributed by atoms with Crippen molar-refractivity contribution in [3.05, 3.63) is 35.1 Å². The Morgan fingerprint density at radius 1 is 1.06 bits per heavy atom. The molecule has 0 aliphatic carbocycles. The van der Waals surface area contributed by atoms with E-state index >= 15 is 0 Å². The van der Waals surface area contributed by atoms with Gasteiger partial charge in [0.15, 0.2) is 0 Å². The van der Waals surface area contributed by atoms with Crippen molar-refractivity contribution in [1.29, 1.82) is 0 Å². The molecule has 1 nitrogen and oxygen atoms in total. The van der Waals surface area contributed by atoms with E-state index in [1.165, 1.54) is 0 Å². The van der Waals surface area contributed by atoms with Crippen LogP contribution in [0, 0.1) is 17.5 Å². The van der Waals surface area contributed by atoms with Crippen molar-refractivity contribution in [3.63, 3.8) is 0 Å². The van der Waals surface area contributed by atoms with Gasteiger partial charge in [0.2, 0.25) is 0 Å². The summed E-state index contributed by atoms with van der Waals surface area (Å²) in [5, 5.41) is 9.40. The Balaban J connectivity index is 2.70. The molecule has 102 valence electrons. The molecule has 0 spiro atoms. The average molecular weight is 272 g/mol. The summed E-state index contributed by atoms with van der Waals surface area (Å²) >= 11 is 0. The molecule has 0 amide bonds. The van der Waals surface area contributed by atoms with Crippen molar-refractivity contribution in [2.24, 2.45) is 0 Å². The van der Waals surface area contributed by atoms with Gasteiger partial charge in [-0.05, 0) is 12.8 Å². The molecule has 1 atom stereocenters. The number of alkyl halides is 3. The zero-order valence-electron chi connectivity index (χ0n) is 9.07. The van der Waals surface area contributed by atoms with Crippen molar-refractivity contribution >= 4 is 0 Å². The molecule has 1 aromatic rings. The molecule has 0 aliphatic rings. The summed E-state index contributed by atoms with van der Waals surface area (Å²) in [5.74, 6) is -3.78. The van der Waals surface area contributed by atoms with Gasteiger partial charge in [-0.2, -0.15) is 13.2 Å². The topological polar surface area (TPSA) is 20.2 Å². The smallest absolute Gasteiger partial charge is 0.388 e. The number of rotatable bonds is 4. The maximum Gasteiger partial charge on any atom is 0.389 e. The quantitative estimate of drug-likeness (QED) is 0.825. The molecule has 18 heavy (non-hydrogen) atoms. The normalized spacial score (nSPS) is 13.7. The van der Waals surface area contributed by atoms with Crippen LogP contribution in [0.4, 0.5) is 26.3 Å². The molecular formula is C11H10F6O. The van der Waals surface area contributed by atoms with Gasteiger partial charge >= 0.3 is 6.18 Å². The van der Waals surface area contributed by atoms with Gasteiger partial charge in [-0.25, -0.2) is 13.2 Å². The van der Waals surface area contributed by atoms with E-state index in [2.05, 4.69) is 0 Å². The molecule has 1 N–H and O–H groups in total. The first-order chi connectivity index (χ1) is 8.20. The minimum atomic E-state index is -4.39. The first-order valence-electron chi connectivity index (χ1n) is 5.10. The third kappa shape index (κ3) is 4.21. The van der Waals surface area contributed by atoms with Gasteiger partial charge in [-0.1, -0.05) is 0 Å². The van der Waals surface area contributed by atoms with Crippen LogP contribution in [0.2, 0.25) is 0 Å². The molecule has 0 aromatic heterocycles. The molecule has 1 unspecified atom stereocenters. The van der Waals surface area contributed by atoms with E-state index in [1.54, 1.807) is 0 Å². The fourth-order valence-corrected chi connectivity index (χ4v) is 1.51. The Morgan fingerprint density at radius 3 is 2.00 bits per heavy atom. The van der Waals surface area contributed by atoms with Gasteiger partial charge in [0.1, 0.15) is 17.5 Å². The summed E-state index contributed by atoms with van der Waals surface area (Å²) in [6.07, 6.45) is -8.21. The number of halogens is 6. The number of aliphatic hydroxyl groups is 1. The summed E-state index contributed by atoms with van der Waals surface area (Å²) in [5.41, 5.74) is -0.807. The van der Waals surface area contributed by atoms with E-state index in [0.29, 0.717) is 12.1 Å². The SMILES string of the molecule is OC(CCCC(F)(F)F)c1c(F)cc(F)cc1F. The summed E-state index contributed by atoms with van der Waals surface area (Å²) in [6, 6.07) is 0.733. The number of hydrogen-bond donors (Lipinski definition) is 1. The molecule has 0 bridgehead atoms. The first kappa shape index (κ1) is 14.8. The van der Waals surface area contributed by atoms with Crippen molar-refractivity contribution in [2.45, 2.75) is 31.5 Å². The van der Waals surface area contributed by atoms with Gasteiger partial charge in [0, 0.05) is 18.6 Å². The van der Waals surface area contributed by atoms with Gasteiger partial charge in [-0.15, -0.1) is 0 Å². The fourth-order valence-electron chi connectivity index (χ4n) is 1.51. The maximum atomic E-state index is 13.2. The Morgan fingerprint density at radius 2 is 1.56 bits per heavy atom. The monoisotopic (exact) mass is 272 g/mol. The second-order valence-electron chi connectivity index (χ2n) is 3.81. The lowest BCUT2D eigenvalue weighted by Crippen LogP contribution is -2.09. The summed E-state index contributed by atoms with van der Waals surface area (Å²) < 4.78 is 74.4. The Kier molecular flexibility index (Phi) is 4.61. The van der Waals surface area contributed by atoms with Gasteiger partial charge < -0.3 is 5.11 Å². The van der Waals surface area contributed by atoms with E-state index in [0.717, 1.165) is 0 Å². The molecule has 0 saturated carbocycles. The molecule has 0 aliphatic heterocycles. The van der Waals surface area contributed by atoms with Crippen LogP contribution in [-0.2, 0) is 0 Å². The second-order valence-corrected chi connectivity index (χ2v) is 3.81. The number of hydrogen-bond acceptors (Lipinski definition) is 1. The average Bonchev–Trinajstić information content (AvgIpc) is 2.13. The molecule has 0 fully saturated rings. The highest BCUT2D eigenvalue weighted by Gasteiger charge is 2.27. The summed E-state index contributed by atoms with van der Waals surface area (Å²) in [4.78, 5) is 0. The first-order valence-corrected chi connectivity index (χ1v) is 5.10. The third-order valence-corrected chi connectivity index (χ3v) is 2.31. The predicted octanol–water partition coefficient (Wildman–Crippen LogP) is 3.87. The van der Waals surface area contributed by atoms with Gasteiger partial charge in [0.05, 0.1) is 11.7 Å². The van der Waals surface area contributed by atoms with E-state index in [1.807, 2.05) is 0 Å². The van der Waals surface area contributed by atoms with E-state index in [4.69, 9.17) is 0 Å². The fraction of sp³-hybridized carbons (Fsp3) is 0.455. The van der Waals surface area contributed by atoms with E-state index < -0.39 is 54.6 Å². The maximum absolute atomic E-state index is 13.2. The molecular weight excluding hydrogens is 262 g/mol. The Labute approximate surface area is 99.0 Å². The van der Waals surface area contributed by atoms with Crippen molar-refractivity contribution in [1.82, 2.24) is 0 Å². The molecule has 1 aromatic carbocycles. The summed E-state index contributed by atoms with van der Waals surface area (Å²) in [6.45, 7) is 0. The van der Waals surface area contributed by atoms with Crippen LogP contribution >= 0.6 is 0 Å². The van der Waals surface area contributed by atoms with E-state index in [-0.39, 0.29) is 0 Å². The second kappa shape index (κ2) is 5.60. The van der Waals surface area contributed by atoms with Crippen molar-refractivity contribution < 1.29 is 31.4 Å². The van der Waals surface area contributed by atoms with Crippen LogP contribution in [-0.4, -0.2) is 11.3 Å². The summed E-state index contributed by atoms with van der Waals surface area (Å²) in [7, 11) is 0. The lowest BCUT2D eigenvalue weighted by atomic mass is 10.0.